The molecule has 0 spiro atoms. The van der Waals surface area contributed by atoms with Gasteiger partial charge in [-0.1, -0.05) is 18.5 Å². The number of thiophene rings is 2. The summed E-state index contributed by atoms with van der Waals surface area (Å²) in [5.74, 6) is 1.13. The van der Waals surface area contributed by atoms with Gasteiger partial charge in [0.25, 0.3) is 5.56 Å². The highest BCUT2D eigenvalue weighted by atomic mass is 35.5. The summed E-state index contributed by atoms with van der Waals surface area (Å²) >= 11 is 9.72. The van der Waals surface area contributed by atoms with E-state index in [0.29, 0.717) is 16.8 Å². The summed E-state index contributed by atoms with van der Waals surface area (Å²) in [7, 11) is 0. The molecule has 24 heavy (non-hydrogen) atoms. The Labute approximate surface area is 153 Å². The monoisotopic (exact) mass is 376 g/mol. The van der Waals surface area contributed by atoms with Crippen molar-refractivity contribution in [3.05, 3.63) is 48.5 Å². The molecule has 0 fully saturated rings. The molecule has 3 aromatic rings. The van der Waals surface area contributed by atoms with Crippen molar-refractivity contribution < 1.29 is 0 Å². The van der Waals surface area contributed by atoms with Gasteiger partial charge in [0, 0.05) is 14.6 Å². The molecule has 0 saturated carbocycles. The summed E-state index contributed by atoms with van der Waals surface area (Å²) in [5, 5.41) is 1.23. The summed E-state index contributed by atoms with van der Waals surface area (Å²) in [6, 6.07) is 4.07. The van der Waals surface area contributed by atoms with Crippen molar-refractivity contribution in [1.29, 1.82) is 0 Å². The van der Waals surface area contributed by atoms with Gasteiger partial charge in [0.1, 0.15) is 4.83 Å². The molecule has 3 aromatic heterocycles. The quantitative estimate of drug-likeness (QED) is 0.666. The molecule has 0 saturated heterocycles. The van der Waals surface area contributed by atoms with Gasteiger partial charge in [-0.15, -0.1) is 22.7 Å². The number of H-pyrrole nitrogens is 1. The SMILES string of the molecule is Cc1ccc(/C=C(\Cl)c2nc3sc4c(c3c(=O)[nH]2)CC[C@H](C)C4)s1. The van der Waals surface area contributed by atoms with Crippen molar-refractivity contribution in [2.75, 3.05) is 0 Å². The lowest BCUT2D eigenvalue weighted by Gasteiger charge is -2.17. The number of hydrogen-bond donors (Lipinski definition) is 1. The molecule has 0 aliphatic heterocycles. The number of hydrogen-bond acceptors (Lipinski definition) is 4. The second-order valence-electron chi connectivity index (χ2n) is 6.39. The molecule has 3 heterocycles. The summed E-state index contributed by atoms with van der Waals surface area (Å²) in [5.41, 5.74) is 1.12. The van der Waals surface area contributed by atoms with Gasteiger partial charge in [-0.25, -0.2) is 4.98 Å². The van der Waals surface area contributed by atoms with Gasteiger partial charge in [0.2, 0.25) is 0 Å². The third-order valence-corrected chi connectivity index (χ3v) is 6.81. The zero-order chi connectivity index (χ0) is 16.8. The van der Waals surface area contributed by atoms with Crippen LogP contribution in [0.25, 0.3) is 21.3 Å². The van der Waals surface area contributed by atoms with E-state index in [1.165, 1.54) is 15.3 Å². The third-order valence-electron chi connectivity index (χ3n) is 4.42. The van der Waals surface area contributed by atoms with Crippen LogP contribution in [0.2, 0.25) is 0 Å². The first-order valence-corrected chi connectivity index (χ1v) is 10.0. The molecule has 1 aliphatic rings. The first-order chi connectivity index (χ1) is 11.5. The fraction of sp³-hybridized carbons (Fsp3) is 0.333. The summed E-state index contributed by atoms with van der Waals surface area (Å²) < 4.78 is 0. The van der Waals surface area contributed by atoms with E-state index in [4.69, 9.17) is 11.6 Å². The highest BCUT2D eigenvalue weighted by Crippen LogP contribution is 2.36. The lowest BCUT2D eigenvalue weighted by atomic mass is 9.89. The van der Waals surface area contributed by atoms with Gasteiger partial charge in [0.15, 0.2) is 5.82 Å². The van der Waals surface area contributed by atoms with Crippen molar-refractivity contribution >= 4 is 55.6 Å². The molecule has 0 radical (unpaired) electrons. The minimum atomic E-state index is -0.0732. The predicted molar refractivity (Wildman–Crippen MR) is 104 cm³/mol. The molecule has 0 amide bonds. The number of aryl methyl sites for hydroxylation is 2. The minimum Gasteiger partial charge on any atom is -0.305 e. The smallest absolute Gasteiger partial charge is 0.260 e. The molecule has 0 aromatic carbocycles. The second kappa shape index (κ2) is 6.14. The topological polar surface area (TPSA) is 45.8 Å². The number of nitrogens with zero attached hydrogens (tertiary/aromatic N) is 1. The average Bonchev–Trinajstić information content (AvgIpc) is 3.09. The van der Waals surface area contributed by atoms with Crippen molar-refractivity contribution in [3.63, 3.8) is 0 Å². The first kappa shape index (κ1) is 16.1. The zero-order valence-electron chi connectivity index (χ0n) is 13.5. The number of fused-ring (bicyclic) bond motifs is 3. The molecular formula is C18H17ClN2OS2. The predicted octanol–water partition coefficient (Wildman–Crippen LogP) is 5.22. The van der Waals surface area contributed by atoms with Crippen molar-refractivity contribution in [3.8, 4) is 0 Å². The molecule has 4 rings (SSSR count). The van der Waals surface area contributed by atoms with E-state index >= 15 is 0 Å². The molecular weight excluding hydrogens is 360 g/mol. The Morgan fingerprint density at radius 1 is 1.42 bits per heavy atom. The average molecular weight is 377 g/mol. The molecule has 3 nitrogen and oxygen atoms in total. The van der Waals surface area contributed by atoms with E-state index in [9.17, 15) is 4.79 Å². The van der Waals surface area contributed by atoms with Crippen molar-refractivity contribution in [2.24, 2.45) is 5.92 Å². The Morgan fingerprint density at radius 2 is 2.25 bits per heavy atom. The molecule has 0 unspecified atom stereocenters. The van der Waals surface area contributed by atoms with Gasteiger partial charge in [-0.3, -0.25) is 4.79 Å². The van der Waals surface area contributed by atoms with Crippen LogP contribution < -0.4 is 5.56 Å². The first-order valence-electron chi connectivity index (χ1n) is 8.00. The lowest BCUT2D eigenvalue weighted by molar-refractivity contribution is 0.509. The van der Waals surface area contributed by atoms with Crippen molar-refractivity contribution in [1.82, 2.24) is 9.97 Å². The summed E-state index contributed by atoms with van der Waals surface area (Å²) in [6.45, 7) is 4.32. The summed E-state index contributed by atoms with van der Waals surface area (Å²) in [4.78, 5) is 24.5. The van der Waals surface area contributed by atoms with Crippen LogP contribution in [-0.4, -0.2) is 9.97 Å². The van der Waals surface area contributed by atoms with Crippen LogP contribution in [-0.2, 0) is 12.8 Å². The van der Waals surface area contributed by atoms with E-state index in [0.717, 1.165) is 34.4 Å². The van der Waals surface area contributed by atoms with Gasteiger partial charge >= 0.3 is 0 Å². The van der Waals surface area contributed by atoms with Crippen LogP contribution in [0, 0.1) is 12.8 Å². The van der Waals surface area contributed by atoms with Crippen LogP contribution in [0.3, 0.4) is 0 Å². The highest BCUT2D eigenvalue weighted by molar-refractivity contribution is 7.18. The molecule has 124 valence electrons. The molecule has 1 N–H and O–H groups in total. The Bertz CT molecular complexity index is 1010. The Morgan fingerprint density at radius 3 is 3.00 bits per heavy atom. The van der Waals surface area contributed by atoms with E-state index in [1.807, 2.05) is 12.1 Å². The zero-order valence-corrected chi connectivity index (χ0v) is 15.9. The molecule has 6 heteroatoms. The molecule has 1 aliphatic carbocycles. The van der Waals surface area contributed by atoms with E-state index in [2.05, 4.69) is 29.9 Å². The largest absolute Gasteiger partial charge is 0.305 e. The maximum absolute atomic E-state index is 12.6. The fourth-order valence-corrected chi connectivity index (χ4v) is 5.66. The Kier molecular flexibility index (Phi) is 4.11. The van der Waals surface area contributed by atoms with Gasteiger partial charge in [-0.2, -0.15) is 0 Å². The lowest BCUT2D eigenvalue weighted by Crippen LogP contribution is -2.14. The minimum absolute atomic E-state index is 0.0732. The Balaban J connectivity index is 1.81. The number of aromatic amines is 1. The fourth-order valence-electron chi connectivity index (χ4n) is 3.19. The number of halogens is 1. The van der Waals surface area contributed by atoms with Crippen LogP contribution in [0.4, 0.5) is 0 Å². The van der Waals surface area contributed by atoms with E-state index < -0.39 is 0 Å². The normalized spacial score (nSPS) is 18.1. The highest BCUT2D eigenvalue weighted by Gasteiger charge is 2.23. The Hall–Kier alpha value is -1.43. The van der Waals surface area contributed by atoms with Crippen LogP contribution in [0.15, 0.2) is 16.9 Å². The molecule has 1 atom stereocenters. The number of nitrogens with one attached hydrogen (secondary N) is 1. The van der Waals surface area contributed by atoms with Crippen LogP contribution in [0.5, 0.6) is 0 Å². The maximum atomic E-state index is 12.6. The van der Waals surface area contributed by atoms with E-state index in [1.54, 1.807) is 22.7 Å². The van der Waals surface area contributed by atoms with Crippen LogP contribution in [0.1, 0.15) is 39.4 Å². The van der Waals surface area contributed by atoms with Crippen molar-refractivity contribution in [2.45, 2.75) is 33.1 Å². The van der Waals surface area contributed by atoms with Gasteiger partial charge in [0.05, 0.1) is 10.4 Å². The maximum Gasteiger partial charge on any atom is 0.260 e. The van der Waals surface area contributed by atoms with Gasteiger partial charge < -0.3 is 4.98 Å². The number of rotatable bonds is 2. The summed E-state index contributed by atoms with van der Waals surface area (Å²) in [6.07, 6.45) is 5.01. The second-order valence-corrected chi connectivity index (χ2v) is 9.20. The molecule has 0 bridgehead atoms. The third kappa shape index (κ3) is 2.85. The van der Waals surface area contributed by atoms with Gasteiger partial charge in [-0.05, 0) is 55.9 Å². The number of aromatic nitrogens is 2. The van der Waals surface area contributed by atoms with E-state index in [-0.39, 0.29) is 5.56 Å². The standard InChI is InChI=1S/C18H17ClN2OS2/c1-9-3-6-12-14(7-9)24-18-15(12)17(22)20-16(21-18)13(19)8-11-5-4-10(2)23-11/h4-5,8-9H,3,6-7H2,1-2H3,(H,20,21,22)/b13-8-/t9-/m0/s1. The van der Waals surface area contributed by atoms with Crippen LogP contribution >= 0.6 is 34.3 Å².